The van der Waals surface area contributed by atoms with Gasteiger partial charge in [-0.3, -0.25) is 4.98 Å². The van der Waals surface area contributed by atoms with Gasteiger partial charge in [0.1, 0.15) is 0 Å². The normalized spacial score (nSPS) is 21.1. The van der Waals surface area contributed by atoms with Crippen molar-refractivity contribution >= 4 is 10.0 Å². The second-order valence-corrected chi connectivity index (χ2v) is 8.24. The van der Waals surface area contributed by atoms with Gasteiger partial charge in [-0.15, -0.1) is 0 Å². The van der Waals surface area contributed by atoms with Gasteiger partial charge in [-0.05, 0) is 36.0 Å². The summed E-state index contributed by atoms with van der Waals surface area (Å²) in [6.45, 7) is 5.62. The van der Waals surface area contributed by atoms with Crippen molar-refractivity contribution in [2.24, 2.45) is 11.1 Å². The van der Waals surface area contributed by atoms with Crippen molar-refractivity contribution in [2.45, 2.75) is 39.2 Å². The minimum absolute atomic E-state index is 0.0418. The van der Waals surface area contributed by atoms with Crippen LogP contribution in [0.1, 0.15) is 44.7 Å². The van der Waals surface area contributed by atoms with E-state index in [0.29, 0.717) is 13.1 Å². The smallest absolute Gasteiger partial charge is 0.215 e. The van der Waals surface area contributed by atoms with Gasteiger partial charge < -0.3 is 5.73 Å². The summed E-state index contributed by atoms with van der Waals surface area (Å²) in [6.07, 6.45) is 6.21. The van der Waals surface area contributed by atoms with Crippen molar-refractivity contribution in [3.63, 3.8) is 0 Å². The van der Waals surface area contributed by atoms with E-state index in [1.54, 1.807) is 28.8 Å². The first-order chi connectivity index (χ1) is 9.86. The quantitative estimate of drug-likeness (QED) is 0.901. The third-order valence-electron chi connectivity index (χ3n) is 4.70. The van der Waals surface area contributed by atoms with Crippen LogP contribution >= 0.6 is 0 Å². The van der Waals surface area contributed by atoms with E-state index in [2.05, 4.69) is 18.8 Å². The monoisotopic (exact) mass is 311 g/mol. The minimum Gasteiger partial charge on any atom is -0.323 e. The van der Waals surface area contributed by atoms with Crippen LogP contribution in [-0.4, -0.2) is 36.5 Å². The lowest BCUT2D eigenvalue weighted by Crippen LogP contribution is -2.44. The molecule has 6 heteroatoms. The Morgan fingerprint density at radius 3 is 2.43 bits per heavy atom. The minimum atomic E-state index is -3.30. The first-order valence-corrected chi connectivity index (χ1v) is 9.10. The van der Waals surface area contributed by atoms with E-state index in [0.717, 1.165) is 24.8 Å². The van der Waals surface area contributed by atoms with Crippen LogP contribution in [0.3, 0.4) is 0 Å². The van der Waals surface area contributed by atoms with Crippen molar-refractivity contribution in [2.75, 3.05) is 18.8 Å². The van der Waals surface area contributed by atoms with Crippen LogP contribution in [-0.2, 0) is 10.0 Å². The first-order valence-electron chi connectivity index (χ1n) is 7.50. The molecule has 0 aromatic carbocycles. The van der Waals surface area contributed by atoms with Gasteiger partial charge in [0.2, 0.25) is 10.0 Å². The highest BCUT2D eigenvalue weighted by atomic mass is 32.2. The molecule has 118 valence electrons. The van der Waals surface area contributed by atoms with Crippen LogP contribution in [0.15, 0.2) is 24.5 Å². The number of nitrogens with two attached hydrogens (primary N) is 1. The molecule has 1 aromatic rings. The average molecular weight is 311 g/mol. The van der Waals surface area contributed by atoms with Gasteiger partial charge in [-0.2, -0.15) is 0 Å². The summed E-state index contributed by atoms with van der Waals surface area (Å²) in [5, 5.41) is 0. The first kappa shape index (κ1) is 16.4. The number of piperidine rings is 1. The van der Waals surface area contributed by atoms with Gasteiger partial charge >= 0.3 is 0 Å². The molecule has 1 fully saturated rings. The lowest BCUT2D eigenvalue weighted by atomic mass is 9.79. The van der Waals surface area contributed by atoms with Crippen LogP contribution in [0.4, 0.5) is 0 Å². The highest BCUT2D eigenvalue weighted by Crippen LogP contribution is 2.35. The Bertz CT molecular complexity index is 552. The number of sulfonamides is 1. The molecular weight excluding hydrogens is 286 g/mol. The Labute approximate surface area is 127 Å². The lowest BCUT2D eigenvalue weighted by Gasteiger charge is -2.38. The Kier molecular flexibility index (Phi) is 5.01. The third-order valence-corrected chi connectivity index (χ3v) is 6.63. The fourth-order valence-electron chi connectivity index (χ4n) is 2.70. The number of nitrogens with zero attached hydrogens (tertiary/aromatic N) is 2. The largest absolute Gasteiger partial charge is 0.323 e. The topological polar surface area (TPSA) is 76.3 Å². The zero-order valence-electron chi connectivity index (χ0n) is 12.8. The van der Waals surface area contributed by atoms with Crippen LogP contribution in [0.25, 0.3) is 0 Å². The molecule has 5 nitrogen and oxygen atoms in total. The number of rotatable bonds is 5. The van der Waals surface area contributed by atoms with E-state index in [1.807, 2.05) is 0 Å². The molecular formula is C15H25N3O2S. The van der Waals surface area contributed by atoms with Crippen molar-refractivity contribution < 1.29 is 8.42 Å². The summed E-state index contributed by atoms with van der Waals surface area (Å²) >= 11 is 0. The maximum absolute atomic E-state index is 12.5. The standard InChI is InChI=1S/C15H25N3O2S/c1-3-15(2)6-10-18(11-7-15)21(19,20)12-14(16)13-4-8-17-9-5-13/h4-5,8-9,14H,3,6-7,10-12,16H2,1-2H3. The second kappa shape index (κ2) is 6.42. The fourth-order valence-corrected chi connectivity index (χ4v) is 4.29. The highest BCUT2D eigenvalue weighted by molar-refractivity contribution is 7.89. The van der Waals surface area contributed by atoms with Crippen molar-refractivity contribution in [3.8, 4) is 0 Å². The summed E-state index contributed by atoms with van der Waals surface area (Å²) in [5.41, 5.74) is 7.12. The SMILES string of the molecule is CCC1(C)CCN(S(=O)(=O)CC(N)c2ccncc2)CC1. The summed E-state index contributed by atoms with van der Waals surface area (Å²) in [5.74, 6) is -0.0418. The maximum atomic E-state index is 12.5. The van der Waals surface area contributed by atoms with Gasteiger partial charge in [-0.1, -0.05) is 20.3 Å². The molecule has 1 aliphatic heterocycles. The van der Waals surface area contributed by atoms with Crippen LogP contribution in [0, 0.1) is 5.41 Å². The predicted octanol–water partition coefficient (Wildman–Crippen LogP) is 1.92. The van der Waals surface area contributed by atoms with E-state index >= 15 is 0 Å². The van der Waals surface area contributed by atoms with Gasteiger partial charge in [0.15, 0.2) is 0 Å². The molecule has 1 saturated heterocycles. The summed E-state index contributed by atoms with van der Waals surface area (Å²) in [7, 11) is -3.30. The van der Waals surface area contributed by atoms with Crippen LogP contribution in [0.5, 0.6) is 0 Å². The van der Waals surface area contributed by atoms with E-state index in [1.165, 1.54) is 0 Å². The number of hydrogen-bond donors (Lipinski definition) is 1. The average Bonchev–Trinajstić information content (AvgIpc) is 2.48. The molecule has 2 heterocycles. The zero-order chi connectivity index (χ0) is 15.5. The molecule has 2 rings (SSSR count). The molecule has 0 amide bonds. The molecule has 1 aromatic heterocycles. The molecule has 0 bridgehead atoms. The van der Waals surface area contributed by atoms with Crippen LogP contribution in [0.2, 0.25) is 0 Å². The van der Waals surface area contributed by atoms with E-state index in [-0.39, 0.29) is 11.2 Å². The summed E-state index contributed by atoms with van der Waals surface area (Å²) in [4.78, 5) is 3.92. The molecule has 0 radical (unpaired) electrons. The number of aromatic nitrogens is 1. The number of pyridine rings is 1. The molecule has 1 atom stereocenters. The van der Waals surface area contributed by atoms with Gasteiger partial charge in [0, 0.05) is 31.5 Å². The zero-order valence-corrected chi connectivity index (χ0v) is 13.6. The Balaban J connectivity index is 2.00. The highest BCUT2D eigenvalue weighted by Gasteiger charge is 2.34. The van der Waals surface area contributed by atoms with Gasteiger partial charge in [-0.25, -0.2) is 12.7 Å². The van der Waals surface area contributed by atoms with Crippen LogP contribution < -0.4 is 5.73 Å². The second-order valence-electron chi connectivity index (χ2n) is 6.23. The predicted molar refractivity (Wildman–Crippen MR) is 84.2 cm³/mol. The molecule has 2 N–H and O–H groups in total. The van der Waals surface area contributed by atoms with Crippen molar-refractivity contribution in [3.05, 3.63) is 30.1 Å². The van der Waals surface area contributed by atoms with Crippen molar-refractivity contribution in [1.82, 2.24) is 9.29 Å². The molecule has 1 unspecified atom stereocenters. The fraction of sp³-hybridized carbons (Fsp3) is 0.667. The molecule has 0 saturated carbocycles. The lowest BCUT2D eigenvalue weighted by molar-refractivity contribution is 0.169. The van der Waals surface area contributed by atoms with Gasteiger partial charge in [0.25, 0.3) is 0 Å². The molecule has 21 heavy (non-hydrogen) atoms. The van der Waals surface area contributed by atoms with E-state index in [4.69, 9.17) is 5.73 Å². The Morgan fingerprint density at radius 1 is 1.33 bits per heavy atom. The van der Waals surface area contributed by atoms with Crippen molar-refractivity contribution in [1.29, 1.82) is 0 Å². The summed E-state index contributed by atoms with van der Waals surface area (Å²) in [6, 6.07) is 3.03. The number of hydrogen-bond acceptors (Lipinski definition) is 4. The molecule has 0 aliphatic carbocycles. The van der Waals surface area contributed by atoms with E-state index in [9.17, 15) is 8.42 Å². The third kappa shape index (κ3) is 4.02. The summed E-state index contributed by atoms with van der Waals surface area (Å²) < 4.78 is 26.6. The Morgan fingerprint density at radius 2 is 1.90 bits per heavy atom. The maximum Gasteiger partial charge on any atom is 0.215 e. The Hall–Kier alpha value is -0.980. The van der Waals surface area contributed by atoms with E-state index < -0.39 is 16.1 Å². The van der Waals surface area contributed by atoms with Gasteiger partial charge in [0.05, 0.1) is 5.75 Å². The molecule has 1 aliphatic rings. The molecule has 0 spiro atoms.